The zero-order chi connectivity index (χ0) is 13.7. The third-order valence-electron chi connectivity index (χ3n) is 2.53. The molecule has 0 aliphatic heterocycles. The summed E-state index contributed by atoms with van der Waals surface area (Å²) >= 11 is 0. The molecule has 98 valence electrons. The smallest absolute Gasteiger partial charge is 0.323 e. The molecule has 1 aromatic carbocycles. The Kier molecular flexibility index (Phi) is 4.83. The maximum atomic E-state index is 13.0. The quantitative estimate of drug-likeness (QED) is 0.874. The molecule has 1 rings (SSSR count). The number of carboxylic acid groups (broad SMARTS) is 1. The van der Waals surface area contributed by atoms with Gasteiger partial charge in [0.15, 0.2) is 0 Å². The van der Waals surface area contributed by atoms with E-state index in [0.29, 0.717) is 24.1 Å². The molecule has 0 saturated carbocycles. The van der Waals surface area contributed by atoms with Gasteiger partial charge in [-0.3, -0.25) is 9.59 Å². The van der Waals surface area contributed by atoms with Gasteiger partial charge in [-0.15, -0.1) is 0 Å². The van der Waals surface area contributed by atoms with E-state index < -0.39 is 11.8 Å². The molecule has 18 heavy (non-hydrogen) atoms. The van der Waals surface area contributed by atoms with E-state index in [1.807, 2.05) is 6.92 Å². The van der Waals surface area contributed by atoms with Crippen LogP contribution in [-0.4, -0.2) is 35.0 Å². The number of benzene rings is 1. The van der Waals surface area contributed by atoms with Crippen LogP contribution >= 0.6 is 0 Å². The van der Waals surface area contributed by atoms with E-state index in [1.165, 1.54) is 23.1 Å². The van der Waals surface area contributed by atoms with Crippen LogP contribution < -0.4 is 0 Å². The minimum atomic E-state index is -1.06. The molecule has 1 aromatic rings. The van der Waals surface area contributed by atoms with Crippen LogP contribution in [0.1, 0.15) is 29.3 Å². The van der Waals surface area contributed by atoms with Crippen LogP contribution in [0.25, 0.3) is 0 Å². The summed E-state index contributed by atoms with van der Waals surface area (Å²) in [5, 5.41) is 8.77. The Bertz CT molecular complexity index is 460. The highest BCUT2D eigenvalue weighted by Gasteiger charge is 2.19. The number of aryl methyl sites for hydroxylation is 1. The van der Waals surface area contributed by atoms with Gasteiger partial charge < -0.3 is 10.0 Å². The summed E-state index contributed by atoms with van der Waals surface area (Å²) in [6.45, 7) is 3.51. The lowest BCUT2D eigenvalue weighted by molar-refractivity contribution is -0.137. The summed E-state index contributed by atoms with van der Waals surface area (Å²) in [4.78, 5) is 24.1. The van der Waals surface area contributed by atoms with Gasteiger partial charge in [0.2, 0.25) is 0 Å². The molecule has 0 radical (unpaired) electrons. The summed E-state index contributed by atoms with van der Waals surface area (Å²) in [7, 11) is 0. The molecule has 0 atom stereocenters. The Hall–Kier alpha value is -1.91. The van der Waals surface area contributed by atoms with Crippen LogP contribution in [0.5, 0.6) is 0 Å². The van der Waals surface area contributed by atoms with Gasteiger partial charge in [0, 0.05) is 12.1 Å². The number of hydrogen-bond donors (Lipinski definition) is 1. The van der Waals surface area contributed by atoms with Gasteiger partial charge in [-0.1, -0.05) is 6.92 Å². The zero-order valence-electron chi connectivity index (χ0n) is 10.4. The highest BCUT2D eigenvalue weighted by Crippen LogP contribution is 2.13. The molecule has 1 N–H and O–H groups in total. The summed E-state index contributed by atoms with van der Waals surface area (Å²) in [5.41, 5.74) is 0.845. The molecule has 5 heteroatoms. The van der Waals surface area contributed by atoms with Crippen molar-refractivity contribution < 1.29 is 19.1 Å². The number of carboxylic acids is 1. The first kappa shape index (κ1) is 14.2. The normalized spacial score (nSPS) is 10.2. The maximum Gasteiger partial charge on any atom is 0.323 e. The number of rotatable bonds is 5. The number of amides is 1. The van der Waals surface area contributed by atoms with Gasteiger partial charge in [-0.2, -0.15) is 0 Å². The molecule has 0 aliphatic carbocycles. The van der Waals surface area contributed by atoms with Gasteiger partial charge in [0.25, 0.3) is 5.91 Å². The standard InChI is InChI=1S/C13H16FNO3/c1-3-6-15(8-12(16)17)13(18)11-5-4-10(14)7-9(11)2/h4-5,7H,3,6,8H2,1-2H3,(H,16,17). The Morgan fingerprint density at radius 2 is 2.06 bits per heavy atom. The van der Waals surface area contributed by atoms with Gasteiger partial charge in [-0.25, -0.2) is 4.39 Å². The summed E-state index contributed by atoms with van der Waals surface area (Å²) in [6.07, 6.45) is 0.666. The second kappa shape index (κ2) is 6.14. The van der Waals surface area contributed by atoms with E-state index >= 15 is 0 Å². The van der Waals surface area contributed by atoms with E-state index in [1.54, 1.807) is 6.92 Å². The van der Waals surface area contributed by atoms with Gasteiger partial charge in [-0.05, 0) is 37.1 Å². The van der Waals surface area contributed by atoms with Crippen LogP contribution in [0.4, 0.5) is 4.39 Å². The third kappa shape index (κ3) is 3.55. The SMILES string of the molecule is CCCN(CC(=O)O)C(=O)c1ccc(F)cc1C. The molecular weight excluding hydrogens is 237 g/mol. The molecule has 0 unspecified atom stereocenters. The first-order valence-electron chi connectivity index (χ1n) is 5.73. The lowest BCUT2D eigenvalue weighted by atomic mass is 10.1. The second-order valence-corrected chi connectivity index (χ2v) is 4.08. The molecule has 0 aromatic heterocycles. The molecule has 0 bridgehead atoms. The van der Waals surface area contributed by atoms with Crippen molar-refractivity contribution in [1.82, 2.24) is 4.90 Å². The molecule has 1 amide bonds. The van der Waals surface area contributed by atoms with Crippen LogP contribution in [0, 0.1) is 12.7 Å². The van der Waals surface area contributed by atoms with Crippen LogP contribution in [0.3, 0.4) is 0 Å². The Labute approximate surface area is 105 Å². The molecule has 0 fully saturated rings. The van der Waals surface area contributed by atoms with E-state index in [-0.39, 0.29) is 12.5 Å². The molecular formula is C13H16FNO3. The highest BCUT2D eigenvalue weighted by atomic mass is 19.1. The molecule has 0 saturated heterocycles. The fourth-order valence-corrected chi connectivity index (χ4v) is 1.72. The Morgan fingerprint density at radius 3 is 2.56 bits per heavy atom. The largest absolute Gasteiger partial charge is 0.480 e. The summed E-state index contributed by atoms with van der Waals surface area (Å²) in [5.74, 6) is -1.85. The lowest BCUT2D eigenvalue weighted by Gasteiger charge is -2.20. The van der Waals surface area contributed by atoms with Crippen molar-refractivity contribution in [2.45, 2.75) is 20.3 Å². The van der Waals surface area contributed by atoms with Gasteiger partial charge in [0.05, 0.1) is 0 Å². The maximum absolute atomic E-state index is 13.0. The highest BCUT2D eigenvalue weighted by molar-refractivity contribution is 5.97. The predicted molar refractivity (Wildman–Crippen MR) is 65.0 cm³/mol. The monoisotopic (exact) mass is 253 g/mol. The van der Waals surface area contributed by atoms with Crippen molar-refractivity contribution in [1.29, 1.82) is 0 Å². The first-order valence-corrected chi connectivity index (χ1v) is 5.73. The van der Waals surface area contributed by atoms with E-state index in [9.17, 15) is 14.0 Å². The van der Waals surface area contributed by atoms with Crippen molar-refractivity contribution in [2.24, 2.45) is 0 Å². The van der Waals surface area contributed by atoms with Gasteiger partial charge >= 0.3 is 5.97 Å². The number of halogens is 1. The van der Waals surface area contributed by atoms with Crippen LogP contribution in [0.2, 0.25) is 0 Å². The fraction of sp³-hybridized carbons (Fsp3) is 0.385. The zero-order valence-corrected chi connectivity index (χ0v) is 10.4. The Balaban J connectivity index is 2.97. The molecule has 0 spiro atoms. The minimum absolute atomic E-state index is 0.339. The molecule has 4 nitrogen and oxygen atoms in total. The molecule has 0 heterocycles. The van der Waals surface area contributed by atoms with Crippen molar-refractivity contribution >= 4 is 11.9 Å². The molecule has 0 aliphatic rings. The van der Waals surface area contributed by atoms with Crippen LogP contribution in [0.15, 0.2) is 18.2 Å². The fourth-order valence-electron chi connectivity index (χ4n) is 1.72. The first-order chi connectivity index (χ1) is 8.45. The van der Waals surface area contributed by atoms with Crippen molar-refractivity contribution in [2.75, 3.05) is 13.1 Å². The van der Waals surface area contributed by atoms with Crippen molar-refractivity contribution in [3.05, 3.63) is 35.1 Å². The topological polar surface area (TPSA) is 57.6 Å². The van der Waals surface area contributed by atoms with Crippen molar-refractivity contribution in [3.63, 3.8) is 0 Å². The average molecular weight is 253 g/mol. The number of aliphatic carboxylic acids is 1. The van der Waals surface area contributed by atoms with Crippen LogP contribution in [-0.2, 0) is 4.79 Å². The number of hydrogen-bond acceptors (Lipinski definition) is 2. The number of nitrogens with zero attached hydrogens (tertiary/aromatic N) is 1. The summed E-state index contributed by atoms with van der Waals surface area (Å²) < 4.78 is 13.0. The lowest BCUT2D eigenvalue weighted by Crippen LogP contribution is -2.36. The number of carbonyl (C=O) groups excluding carboxylic acids is 1. The average Bonchev–Trinajstić information content (AvgIpc) is 2.27. The van der Waals surface area contributed by atoms with E-state index in [2.05, 4.69) is 0 Å². The summed E-state index contributed by atoms with van der Waals surface area (Å²) in [6, 6.07) is 3.85. The van der Waals surface area contributed by atoms with E-state index in [0.717, 1.165) is 0 Å². The Morgan fingerprint density at radius 1 is 1.39 bits per heavy atom. The number of carbonyl (C=O) groups is 2. The van der Waals surface area contributed by atoms with Gasteiger partial charge in [0.1, 0.15) is 12.4 Å². The third-order valence-corrected chi connectivity index (χ3v) is 2.53. The second-order valence-electron chi connectivity index (χ2n) is 4.08. The van der Waals surface area contributed by atoms with Crippen molar-refractivity contribution in [3.8, 4) is 0 Å². The predicted octanol–water partition coefficient (Wildman–Crippen LogP) is 2.07. The van der Waals surface area contributed by atoms with E-state index in [4.69, 9.17) is 5.11 Å². The minimum Gasteiger partial charge on any atom is -0.480 e.